The van der Waals surface area contributed by atoms with Gasteiger partial charge in [-0.15, -0.1) is 0 Å². The number of rotatable bonds is 3. The van der Waals surface area contributed by atoms with Crippen LogP contribution in [0.5, 0.6) is 17.2 Å². The lowest BCUT2D eigenvalue weighted by Gasteiger charge is -2.11. The molecule has 0 unspecified atom stereocenters. The van der Waals surface area contributed by atoms with Gasteiger partial charge >= 0.3 is 5.97 Å². The lowest BCUT2D eigenvalue weighted by atomic mass is 10.1. The monoisotopic (exact) mass is 224 g/mol. The second-order valence-electron chi connectivity index (χ2n) is 3.44. The molecule has 1 heterocycles. The van der Waals surface area contributed by atoms with Crippen molar-refractivity contribution in [2.24, 2.45) is 0 Å². The van der Waals surface area contributed by atoms with E-state index in [2.05, 4.69) is 0 Å². The van der Waals surface area contributed by atoms with E-state index in [1.165, 1.54) is 14.2 Å². The summed E-state index contributed by atoms with van der Waals surface area (Å²) in [4.78, 5) is 10.8. The van der Waals surface area contributed by atoms with Crippen LogP contribution in [0.2, 0.25) is 0 Å². The minimum atomic E-state index is -0.975. The van der Waals surface area contributed by atoms with Crippen LogP contribution in [0.4, 0.5) is 0 Å². The molecule has 0 aliphatic carbocycles. The van der Waals surface area contributed by atoms with Crippen LogP contribution in [-0.2, 0) is 11.2 Å². The van der Waals surface area contributed by atoms with Gasteiger partial charge in [-0.3, -0.25) is 0 Å². The molecule has 0 saturated heterocycles. The summed E-state index contributed by atoms with van der Waals surface area (Å²) in [5.74, 6) is 0.475. The third-order valence-corrected chi connectivity index (χ3v) is 2.52. The topological polar surface area (TPSA) is 65.0 Å². The van der Waals surface area contributed by atoms with E-state index in [0.717, 1.165) is 5.56 Å². The van der Waals surface area contributed by atoms with Crippen LogP contribution in [-0.4, -0.2) is 31.4 Å². The second-order valence-corrected chi connectivity index (χ2v) is 3.44. The highest BCUT2D eigenvalue weighted by molar-refractivity contribution is 5.75. The third-order valence-electron chi connectivity index (χ3n) is 2.52. The van der Waals surface area contributed by atoms with Gasteiger partial charge in [0.25, 0.3) is 0 Å². The zero-order chi connectivity index (χ0) is 11.7. The first-order chi connectivity index (χ1) is 7.67. The first kappa shape index (κ1) is 10.6. The standard InChI is InChI=1S/C11H12O5/c1-14-7-4-3-6-5-8(11(12)13)16-9(6)10(7)15-2/h3-4,8H,5H2,1-2H3,(H,12,13)/t8-/m1/s1. The second kappa shape index (κ2) is 3.92. The largest absolute Gasteiger partial charge is 0.493 e. The van der Waals surface area contributed by atoms with Gasteiger partial charge in [0, 0.05) is 12.0 Å². The van der Waals surface area contributed by atoms with Gasteiger partial charge in [-0.2, -0.15) is 0 Å². The predicted molar refractivity (Wildman–Crippen MR) is 55.3 cm³/mol. The van der Waals surface area contributed by atoms with Crippen LogP contribution in [0.25, 0.3) is 0 Å². The van der Waals surface area contributed by atoms with Gasteiger partial charge in [0.05, 0.1) is 14.2 Å². The summed E-state index contributed by atoms with van der Waals surface area (Å²) >= 11 is 0. The zero-order valence-corrected chi connectivity index (χ0v) is 9.02. The Hall–Kier alpha value is -1.91. The van der Waals surface area contributed by atoms with Crippen LogP contribution in [0.15, 0.2) is 12.1 Å². The average Bonchev–Trinajstić information content (AvgIpc) is 2.71. The molecule has 5 heteroatoms. The maximum absolute atomic E-state index is 10.8. The summed E-state index contributed by atoms with van der Waals surface area (Å²) in [6, 6.07) is 3.53. The van der Waals surface area contributed by atoms with E-state index in [-0.39, 0.29) is 0 Å². The molecule has 1 N–H and O–H groups in total. The molecule has 0 aromatic heterocycles. The number of hydrogen-bond acceptors (Lipinski definition) is 4. The molecule has 0 bridgehead atoms. The SMILES string of the molecule is COc1ccc2c(c1OC)O[C@@H](C(=O)O)C2. The quantitative estimate of drug-likeness (QED) is 0.832. The summed E-state index contributed by atoms with van der Waals surface area (Å²) < 4.78 is 15.6. The van der Waals surface area contributed by atoms with Crippen LogP contribution in [0, 0.1) is 0 Å². The van der Waals surface area contributed by atoms with Crippen molar-refractivity contribution in [1.82, 2.24) is 0 Å². The number of fused-ring (bicyclic) bond motifs is 1. The van der Waals surface area contributed by atoms with Crippen LogP contribution >= 0.6 is 0 Å². The maximum atomic E-state index is 10.8. The van der Waals surface area contributed by atoms with E-state index < -0.39 is 12.1 Å². The summed E-state index contributed by atoms with van der Waals surface area (Å²) in [7, 11) is 3.02. The van der Waals surface area contributed by atoms with Gasteiger partial charge in [-0.05, 0) is 6.07 Å². The summed E-state index contributed by atoms with van der Waals surface area (Å²) in [5.41, 5.74) is 0.824. The van der Waals surface area contributed by atoms with Crippen molar-refractivity contribution in [1.29, 1.82) is 0 Å². The first-order valence-electron chi connectivity index (χ1n) is 4.80. The summed E-state index contributed by atoms with van der Waals surface area (Å²) in [6.45, 7) is 0. The number of benzene rings is 1. The van der Waals surface area contributed by atoms with Crippen LogP contribution in [0.3, 0.4) is 0 Å². The molecule has 2 rings (SSSR count). The van der Waals surface area contributed by atoms with Gasteiger partial charge in [0.2, 0.25) is 5.75 Å². The minimum Gasteiger partial charge on any atom is -0.493 e. The van der Waals surface area contributed by atoms with Gasteiger partial charge in [-0.1, -0.05) is 6.07 Å². The van der Waals surface area contributed by atoms with Gasteiger partial charge in [-0.25, -0.2) is 4.79 Å². The molecule has 0 radical (unpaired) electrons. The van der Waals surface area contributed by atoms with Crippen LogP contribution in [0.1, 0.15) is 5.56 Å². The number of ether oxygens (including phenoxy) is 3. The molecule has 0 fully saturated rings. The Balaban J connectivity index is 2.41. The lowest BCUT2D eigenvalue weighted by molar-refractivity contribution is -0.144. The molecule has 0 spiro atoms. The fraction of sp³-hybridized carbons (Fsp3) is 0.364. The molecule has 0 amide bonds. The van der Waals surface area contributed by atoms with Gasteiger partial charge in [0.1, 0.15) is 0 Å². The highest BCUT2D eigenvalue weighted by Gasteiger charge is 2.32. The Kier molecular flexibility index (Phi) is 2.60. The van der Waals surface area contributed by atoms with Crippen molar-refractivity contribution >= 4 is 5.97 Å². The summed E-state index contributed by atoms with van der Waals surface area (Å²) in [6.07, 6.45) is -0.485. The lowest BCUT2D eigenvalue weighted by Crippen LogP contribution is -2.24. The van der Waals surface area contributed by atoms with E-state index in [9.17, 15) is 4.79 Å². The number of carboxylic acids is 1. The summed E-state index contributed by atoms with van der Waals surface area (Å²) in [5, 5.41) is 8.88. The molecule has 5 nitrogen and oxygen atoms in total. The molecule has 86 valence electrons. The van der Waals surface area contributed by atoms with E-state index in [4.69, 9.17) is 19.3 Å². The molecular weight excluding hydrogens is 212 g/mol. The number of carboxylic acid groups (broad SMARTS) is 1. The van der Waals surface area contributed by atoms with Crippen molar-refractivity contribution in [2.75, 3.05) is 14.2 Å². The molecular formula is C11H12O5. The fourth-order valence-electron chi connectivity index (χ4n) is 1.75. The highest BCUT2D eigenvalue weighted by Crippen LogP contribution is 2.44. The minimum absolute atomic E-state index is 0.352. The Bertz CT molecular complexity index is 427. The molecule has 1 atom stereocenters. The Morgan fingerprint density at radius 2 is 2.19 bits per heavy atom. The molecule has 0 saturated carbocycles. The number of carbonyl (C=O) groups is 1. The first-order valence-corrected chi connectivity index (χ1v) is 4.80. The van der Waals surface area contributed by atoms with E-state index >= 15 is 0 Å². The maximum Gasteiger partial charge on any atom is 0.345 e. The Labute approximate surface area is 92.5 Å². The molecule has 16 heavy (non-hydrogen) atoms. The van der Waals surface area contributed by atoms with Crippen molar-refractivity contribution in [2.45, 2.75) is 12.5 Å². The van der Waals surface area contributed by atoms with Crippen molar-refractivity contribution in [3.05, 3.63) is 17.7 Å². The molecule has 1 aromatic rings. The smallest absolute Gasteiger partial charge is 0.345 e. The van der Waals surface area contributed by atoms with Gasteiger partial charge < -0.3 is 19.3 Å². The molecule has 1 aliphatic heterocycles. The average molecular weight is 224 g/mol. The fourth-order valence-corrected chi connectivity index (χ4v) is 1.75. The Morgan fingerprint density at radius 3 is 2.75 bits per heavy atom. The van der Waals surface area contributed by atoms with Crippen molar-refractivity contribution in [3.63, 3.8) is 0 Å². The van der Waals surface area contributed by atoms with Crippen molar-refractivity contribution in [3.8, 4) is 17.2 Å². The number of methoxy groups -OCH3 is 2. The van der Waals surface area contributed by atoms with Crippen molar-refractivity contribution < 1.29 is 24.1 Å². The third kappa shape index (κ3) is 1.54. The van der Waals surface area contributed by atoms with E-state index in [1.807, 2.05) is 0 Å². The van der Waals surface area contributed by atoms with E-state index in [0.29, 0.717) is 23.7 Å². The number of hydrogen-bond donors (Lipinski definition) is 1. The molecule has 1 aromatic carbocycles. The highest BCUT2D eigenvalue weighted by atomic mass is 16.6. The Morgan fingerprint density at radius 1 is 1.44 bits per heavy atom. The van der Waals surface area contributed by atoms with Gasteiger partial charge in [0.15, 0.2) is 17.6 Å². The zero-order valence-electron chi connectivity index (χ0n) is 9.02. The molecule has 1 aliphatic rings. The number of aliphatic carboxylic acids is 1. The van der Waals surface area contributed by atoms with E-state index in [1.54, 1.807) is 12.1 Å². The predicted octanol–water partition coefficient (Wildman–Crippen LogP) is 1.09. The van der Waals surface area contributed by atoms with Crippen LogP contribution < -0.4 is 14.2 Å². The normalized spacial score (nSPS) is 17.5.